The van der Waals surface area contributed by atoms with Gasteiger partial charge in [0.1, 0.15) is 0 Å². The molecule has 0 aromatic heterocycles. The van der Waals surface area contributed by atoms with Crippen LogP contribution in [0.1, 0.15) is 32.6 Å². The lowest BCUT2D eigenvalue weighted by Gasteiger charge is -2.36. The van der Waals surface area contributed by atoms with Crippen molar-refractivity contribution in [1.29, 1.82) is 0 Å². The maximum Gasteiger partial charge on any atom is 0.0623 e. The van der Waals surface area contributed by atoms with Crippen molar-refractivity contribution < 1.29 is 5.11 Å². The first-order valence-corrected chi connectivity index (χ1v) is 7.76. The van der Waals surface area contributed by atoms with Crippen molar-refractivity contribution in [2.45, 2.75) is 44.2 Å². The van der Waals surface area contributed by atoms with E-state index in [2.05, 4.69) is 36.1 Å². The number of rotatable bonds is 7. The van der Waals surface area contributed by atoms with E-state index < -0.39 is 0 Å². The molecule has 2 rings (SSSR count). The Hall–Kier alpha value is -0.160. The molecule has 1 heterocycles. The lowest BCUT2D eigenvalue weighted by molar-refractivity contribution is 0.111. The van der Waals surface area contributed by atoms with Gasteiger partial charge >= 0.3 is 0 Å². The Kier molecular flexibility index (Phi) is 5.23. The van der Waals surface area contributed by atoms with Gasteiger partial charge in [0.2, 0.25) is 0 Å². The predicted molar refractivity (Wildman–Crippen MR) is 79.4 cm³/mol. The van der Waals surface area contributed by atoms with Crippen molar-refractivity contribution in [2.24, 2.45) is 5.92 Å². The average molecular weight is 269 g/mol. The molecule has 0 aromatic rings. The molecule has 0 bridgehead atoms. The van der Waals surface area contributed by atoms with Gasteiger partial charge < -0.3 is 20.2 Å². The molecule has 4 nitrogen and oxygen atoms in total. The molecule has 1 atom stereocenters. The van der Waals surface area contributed by atoms with Gasteiger partial charge in [-0.25, -0.2) is 0 Å². The second-order valence-corrected chi connectivity index (χ2v) is 7.08. The molecule has 2 N–H and O–H groups in total. The zero-order valence-electron chi connectivity index (χ0n) is 12.9. The Bertz CT molecular complexity index is 275. The molecule has 4 heteroatoms. The van der Waals surface area contributed by atoms with Gasteiger partial charge in [0.25, 0.3) is 0 Å². The Morgan fingerprint density at radius 1 is 1.26 bits per heavy atom. The molecule has 1 saturated carbocycles. The molecule has 0 amide bonds. The molecule has 2 aliphatic rings. The molecule has 1 saturated heterocycles. The van der Waals surface area contributed by atoms with Gasteiger partial charge in [0.15, 0.2) is 0 Å². The second kappa shape index (κ2) is 6.53. The Balaban J connectivity index is 1.73. The highest BCUT2D eigenvalue weighted by Crippen LogP contribution is 2.23. The van der Waals surface area contributed by atoms with Gasteiger partial charge in [-0.2, -0.15) is 0 Å². The fourth-order valence-electron chi connectivity index (χ4n) is 3.21. The standard InChI is InChI=1S/C15H31N3O/c1-15(12-19,16-14-4-5-14)11-18(3)10-13-6-8-17(2)9-7-13/h13-14,16,19H,4-12H2,1-3H3. The van der Waals surface area contributed by atoms with Crippen molar-refractivity contribution in [3.63, 3.8) is 0 Å². The minimum Gasteiger partial charge on any atom is -0.394 e. The van der Waals surface area contributed by atoms with Gasteiger partial charge in [0, 0.05) is 19.1 Å². The third kappa shape index (κ3) is 5.03. The van der Waals surface area contributed by atoms with Gasteiger partial charge in [-0.15, -0.1) is 0 Å². The Morgan fingerprint density at radius 3 is 2.42 bits per heavy atom. The van der Waals surface area contributed by atoms with E-state index in [0.29, 0.717) is 6.04 Å². The van der Waals surface area contributed by atoms with E-state index in [4.69, 9.17) is 0 Å². The highest BCUT2D eigenvalue weighted by molar-refractivity contribution is 4.94. The Labute approximate surface area is 118 Å². The van der Waals surface area contributed by atoms with E-state index in [1.165, 1.54) is 38.8 Å². The quantitative estimate of drug-likeness (QED) is 0.716. The fourth-order valence-corrected chi connectivity index (χ4v) is 3.21. The van der Waals surface area contributed by atoms with E-state index in [-0.39, 0.29) is 12.1 Å². The summed E-state index contributed by atoms with van der Waals surface area (Å²) in [5, 5.41) is 13.2. The third-order valence-corrected chi connectivity index (χ3v) is 4.51. The van der Waals surface area contributed by atoms with Crippen LogP contribution in [0.4, 0.5) is 0 Å². The minimum atomic E-state index is -0.138. The van der Waals surface area contributed by atoms with Gasteiger partial charge in [-0.3, -0.25) is 0 Å². The lowest BCUT2D eigenvalue weighted by Crippen LogP contribution is -2.54. The molecule has 112 valence electrons. The first-order valence-electron chi connectivity index (χ1n) is 7.76. The molecule has 1 aliphatic heterocycles. The molecule has 0 radical (unpaired) electrons. The van der Waals surface area contributed by atoms with Crippen LogP contribution >= 0.6 is 0 Å². The van der Waals surface area contributed by atoms with Gasteiger partial charge in [-0.05, 0) is 65.7 Å². The molecule has 1 unspecified atom stereocenters. The topological polar surface area (TPSA) is 38.7 Å². The maximum atomic E-state index is 9.66. The number of hydrogen-bond donors (Lipinski definition) is 2. The number of nitrogens with zero attached hydrogens (tertiary/aromatic N) is 2. The first-order chi connectivity index (χ1) is 9.00. The van der Waals surface area contributed by atoms with Gasteiger partial charge in [-0.1, -0.05) is 0 Å². The van der Waals surface area contributed by atoms with Crippen molar-refractivity contribution >= 4 is 0 Å². The summed E-state index contributed by atoms with van der Waals surface area (Å²) in [7, 11) is 4.41. The maximum absolute atomic E-state index is 9.66. The SMILES string of the molecule is CN1CCC(CN(C)CC(C)(CO)NC2CC2)CC1. The zero-order valence-corrected chi connectivity index (χ0v) is 12.9. The molecular weight excluding hydrogens is 238 g/mol. The largest absolute Gasteiger partial charge is 0.394 e. The molecule has 0 aromatic carbocycles. The molecule has 1 aliphatic carbocycles. The number of likely N-dealkylation sites (tertiary alicyclic amines) is 1. The van der Waals surface area contributed by atoms with Crippen LogP contribution in [0, 0.1) is 5.92 Å². The van der Waals surface area contributed by atoms with E-state index in [9.17, 15) is 5.11 Å². The average Bonchev–Trinajstić information content (AvgIpc) is 3.15. The summed E-state index contributed by atoms with van der Waals surface area (Å²) >= 11 is 0. The van der Waals surface area contributed by atoms with Crippen LogP contribution in [0.25, 0.3) is 0 Å². The van der Waals surface area contributed by atoms with Gasteiger partial charge in [0.05, 0.1) is 12.1 Å². The Morgan fingerprint density at radius 2 is 1.89 bits per heavy atom. The van der Waals surface area contributed by atoms with E-state index >= 15 is 0 Å². The number of aliphatic hydroxyl groups is 1. The number of likely N-dealkylation sites (N-methyl/N-ethyl adjacent to an activating group) is 1. The van der Waals surface area contributed by atoms with Crippen molar-refractivity contribution in [3.05, 3.63) is 0 Å². The zero-order chi connectivity index (χ0) is 13.9. The smallest absolute Gasteiger partial charge is 0.0623 e. The summed E-state index contributed by atoms with van der Waals surface area (Å²) in [6, 6.07) is 0.647. The van der Waals surface area contributed by atoms with Crippen molar-refractivity contribution in [2.75, 3.05) is 46.9 Å². The lowest BCUT2D eigenvalue weighted by atomic mass is 9.95. The van der Waals surface area contributed by atoms with Crippen LogP contribution in [-0.2, 0) is 0 Å². The normalized spacial score (nSPS) is 25.7. The van der Waals surface area contributed by atoms with Crippen LogP contribution in [0.2, 0.25) is 0 Å². The highest BCUT2D eigenvalue weighted by Gasteiger charge is 2.33. The summed E-state index contributed by atoms with van der Waals surface area (Å²) in [5.41, 5.74) is -0.138. The summed E-state index contributed by atoms with van der Waals surface area (Å²) in [5.74, 6) is 0.824. The molecule has 19 heavy (non-hydrogen) atoms. The number of nitrogens with one attached hydrogen (secondary N) is 1. The summed E-state index contributed by atoms with van der Waals surface area (Å²) in [6.45, 7) is 6.94. The summed E-state index contributed by atoms with van der Waals surface area (Å²) < 4.78 is 0. The first kappa shape index (κ1) is 15.2. The summed E-state index contributed by atoms with van der Waals surface area (Å²) in [4.78, 5) is 4.82. The number of hydrogen-bond acceptors (Lipinski definition) is 4. The predicted octanol–water partition coefficient (Wildman–Crippen LogP) is 0.763. The van der Waals surface area contributed by atoms with E-state index in [1.54, 1.807) is 0 Å². The van der Waals surface area contributed by atoms with Crippen LogP contribution in [0.15, 0.2) is 0 Å². The number of piperidine rings is 1. The van der Waals surface area contributed by atoms with Crippen LogP contribution in [-0.4, -0.2) is 73.4 Å². The van der Waals surface area contributed by atoms with Crippen LogP contribution in [0.3, 0.4) is 0 Å². The van der Waals surface area contributed by atoms with Crippen molar-refractivity contribution in [3.8, 4) is 0 Å². The molecule has 0 spiro atoms. The third-order valence-electron chi connectivity index (χ3n) is 4.51. The van der Waals surface area contributed by atoms with Crippen LogP contribution in [0.5, 0.6) is 0 Å². The number of aliphatic hydroxyl groups excluding tert-OH is 1. The second-order valence-electron chi connectivity index (χ2n) is 7.08. The van der Waals surface area contributed by atoms with Crippen molar-refractivity contribution in [1.82, 2.24) is 15.1 Å². The van der Waals surface area contributed by atoms with E-state index in [0.717, 1.165) is 19.0 Å². The highest BCUT2D eigenvalue weighted by atomic mass is 16.3. The minimum absolute atomic E-state index is 0.138. The molecule has 2 fully saturated rings. The monoisotopic (exact) mass is 269 g/mol. The van der Waals surface area contributed by atoms with E-state index in [1.807, 2.05) is 0 Å². The van der Waals surface area contributed by atoms with Crippen LogP contribution < -0.4 is 5.32 Å². The fraction of sp³-hybridized carbons (Fsp3) is 1.00. The molecular formula is C15H31N3O. The summed E-state index contributed by atoms with van der Waals surface area (Å²) in [6.07, 6.45) is 5.17.